The molecule has 0 radical (unpaired) electrons. The third kappa shape index (κ3) is 4.10. The average Bonchev–Trinajstić information content (AvgIpc) is 2.35. The molecule has 1 saturated heterocycles. The molecule has 0 spiro atoms. The van der Waals surface area contributed by atoms with Crippen LogP contribution in [0.5, 0.6) is 0 Å². The van der Waals surface area contributed by atoms with Gasteiger partial charge in [0.05, 0.1) is 0 Å². The number of nitrogens with zero attached hydrogens (tertiary/aromatic N) is 1. The molecule has 0 aliphatic carbocycles. The first kappa shape index (κ1) is 14.6. The van der Waals surface area contributed by atoms with Gasteiger partial charge >= 0.3 is 0 Å². The van der Waals surface area contributed by atoms with Crippen molar-refractivity contribution in [3.63, 3.8) is 0 Å². The first-order valence-corrected chi connectivity index (χ1v) is 7.62. The molecule has 2 nitrogen and oxygen atoms in total. The Kier molecular flexibility index (Phi) is 5.08. The summed E-state index contributed by atoms with van der Waals surface area (Å²) in [6.07, 6.45) is 0.980. The molecule has 1 aromatic rings. The van der Waals surface area contributed by atoms with Crippen molar-refractivity contribution >= 4 is 28.5 Å². The summed E-state index contributed by atoms with van der Waals surface area (Å²) in [5, 5.41) is 1.26. The Morgan fingerprint density at radius 3 is 2.89 bits per heavy atom. The number of benzene rings is 1. The van der Waals surface area contributed by atoms with Crippen LogP contribution in [0, 0.1) is 0 Å². The van der Waals surface area contributed by atoms with E-state index in [0.717, 1.165) is 42.2 Å². The number of carbonyl (C=O) groups excluding carboxylic acids is 1. The van der Waals surface area contributed by atoms with Gasteiger partial charge in [0.15, 0.2) is 5.12 Å². The molecule has 0 N–H and O–H groups in total. The molecule has 0 amide bonds. The maximum absolute atomic E-state index is 11.2. The first-order chi connectivity index (χ1) is 9.06. The van der Waals surface area contributed by atoms with Gasteiger partial charge in [-0.2, -0.15) is 0 Å². The number of hydrogen-bond acceptors (Lipinski definition) is 3. The Hall–Kier alpha value is -0.770. The first-order valence-electron chi connectivity index (χ1n) is 6.37. The van der Waals surface area contributed by atoms with Crippen LogP contribution in [0.4, 0.5) is 0 Å². The number of hydrogen-bond donors (Lipinski definition) is 0. The van der Waals surface area contributed by atoms with E-state index in [-0.39, 0.29) is 10.4 Å². The molecule has 1 aromatic carbocycles. The smallest absolute Gasteiger partial charge is 0.186 e. The normalized spacial score (nSPS) is 20.5. The van der Waals surface area contributed by atoms with Crippen LogP contribution in [0.15, 0.2) is 36.4 Å². The molecule has 1 fully saturated rings. The highest BCUT2D eigenvalue weighted by Gasteiger charge is 2.24. The van der Waals surface area contributed by atoms with Gasteiger partial charge in [-0.3, -0.25) is 9.69 Å². The van der Waals surface area contributed by atoms with Gasteiger partial charge in [0.1, 0.15) is 0 Å². The lowest BCUT2D eigenvalue weighted by molar-refractivity contribution is -0.109. The lowest BCUT2D eigenvalue weighted by Gasteiger charge is -2.33. The maximum atomic E-state index is 11.2. The number of thioether (sulfide) groups is 1. The van der Waals surface area contributed by atoms with E-state index in [9.17, 15) is 4.79 Å². The van der Waals surface area contributed by atoms with Crippen molar-refractivity contribution in [1.82, 2.24) is 4.90 Å². The number of halogens is 1. The molecule has 2 rings (SSSR count). The number of piperidine rings is 1. The molecule has 19 heavy (non-hydrogen) atoms. The van der Waals surface area contributed by atoms with Crippen molar-refractivity contribution < 1.29 is 4.79 Å². The summed E-state index contributed by atoms with van der Waals surface area (Å²) < 4.78 is 0. The van der Waals surface area contributed by atoms with Crippen LogP contribution in [-0.2, 0) is 11.3 Å². The van der Waals surface area contributed by atoms with Gasteiger partial charge in [-0.05, 0) is 23.6 Å². The minimum atomic E-state index is 0.172. The van der Waals surface area contributed by atoms with Gasteiger partial charge in [-0.1, -0.05) is 48.1 Å². The summed E-state index contributed by atoms with van der Waals surface area (Å²) in [5.41, 5.74) is 2.29. The molecule has 0 bridgehead atoms. The zero-order valence-corrected chi connectivity index (χ0v) is 12.6. The lowest BCUT2D eigenvalue weighted by atomic mass is 10.0. The zero-order chi connectivity index (χ0) is 13.8. The van der Waals surface area contributed by atoms with Crippen molar-refractivity contribution in [3.05, 3.63) is 47.0 Å². The van der Waals surface area contributed by atoms with E-state index in [1.807, 2.05) is 18.2 Å². The molecule has 1 unspecified atom stereocenters. The second-order valence-corrected chi connectivity index (χ2v) is 6.63. The van der Waals surface area contributed by atoms with Crippen LogP contribution < -0.4 is 0 Å². The van der Waals surface area contributed by atoms with Crippen LogP contribution in [-0.4, -0.2) is 28.4 Å². The highest BCUT2D eigenvalue weighted by Crippen LogP contribution is 2.28. The monoisotopic (exact) mass is 295 g/mol. The topological polar surface area (TPSA) is 20.3 Å². The summed E-state index contributed by atoms with van der Waals surface area (Å²) in [4.78, 5) is 13.5. The highest BCUT2D eigenvalue weighted by atomic mass is 35.5. The molecule has 1 atom stereocenters. The van der Waals surface area contributed by atoms with Crippen molar-refractivity contribution in [1.29, 1.82) is 0 Å². The molecule has 1 aliphatic rings. The van der Waals surface area contributed by atoms with E-state index in [1.54, 1.807) is 6.92 Å². The molecule has 1 aliphatic heterocycles. The average molecular weight is 296 g/mol. The van der Waals surface area contributed by atoms with Gasteiger partial charge in [0, 0.05) is 36.8 Å². The van der Waals surface area contributed by atoms with Gasteiger partial charge in [0.2, 0.25) is 0 Å². The molecule has 0 saturated carbocycles. The predicted molar refractivity (Wildman–Crippen MR) is 82.5 cm³/mol. The van der Waals surface area contributed by atoms with Gasteiger partial charge in [-0.15, -0.1) is 0 Å². The summed E-state index contributed by atoms with van der Waals surface area (Å²) in [6, 6.07) is 7.93. The molecular formula is C15H18ClNOS. The maximum Gasteiger partial charge on any atom is 0.186 e. The van der Waals surface area contributed by atoms with E-state index in [1.165, 1.54) is 11.8 Å². The number of likely N-dealkylation sites (tertiary alicyclic amines) is 1. The fourth-order valence-corrected chi connectivity index (χ4v) is 3.38. The molecule has 4 heteroatoms. The number of carbonyl (C=O) groups is 1. The Labute approximate surface area is 123 Å². The van der Waals surface area contributed by atoms with Crippen LogP contribution in [0.25, 0.3) is 0 Å². The van der Waals surface area contributed by atoms with Crippen LogP contribution in [0.3, 0.4) is 0 Å². The van der Waals surface area contributed by atoms with Gasteiger partial charge in [-0.25, -0.2) is 0 Å². The highest BCUT2D eigenvalue weighted by molar-refractivity contribution is 8.14. The summed E-state index contributed by atoms with van der Waals surface area (Å²) in [6.45, 7) is 8.40. The zero-order valence-electron chi connectivity index (χ0n) is 11.1. The van der Waals surface area contributed by atoms with E-state index in [4.69, 9.17) is 11.6 Å². The second-order valence-electron chi connectivity index (χ2n) is 4.85. The standard InChI is InChI=1S/C15H18ClNOS/c1-11-9-17(8-7-15(11)19-12(2)18)10-13-5-3-4-6-14(13)16/h3-6,15H,1,7-10H2,2H3. The third-order valence-corrected chi connectivity index (χ3v) is 4.80. The summed E-state index contributed by atoms with van der Waals surface area (Å²) in [7, 11) is 0. The summed E-state index contributed by atoms with van der Waals surface area (Å²) in [5.74, 6) is 0. The molecule has 102 valence electrons. The summed E-state index contributed by atoms with van der Waals surface area (Å²) >= 11 is 7.58. The number of rotatable bonds is 3. The SMILES string of the molecule is C=C1CN(Cc2ccccc2Cl)CCC1SC(C)=O. The van der Waals surface area contributed by atoms with Crippen molar-refractivity contribution in [2.45, 2.75) is 25.1 Å². The Morgan fingerprint density at radius 2 is 2.26 bits per heavy atom. The van der Waals surface area contributed by atoms with E-state index >= 15 is 0 Å². The van der Waals surface area contributed by atoms with E-state index in [0.29, 0.717) is 0 Å². The minimum Gasteiger partial charge on any atom is -0.295 e. The Bertz CT molecular complexity index is 489. The quantitative estimate of drug-likeness (QED) is 0.792. The van der Waals surface area contributed by atoms with E-state index < -0.39 is 0 Å². The van der Waals surface area contributed by atoms with Crippen molar-refractivity contribution in [3.8, 4) is 0 Å². The van der Waals surface area contributed by atoms with Gasteiger partial charge < -0.3 is 0 Å². The van der Waals surface area contributed by atoms with Crippen LogP contribution in [0.2, 0.25) is 5.02 Å². The fraction of sp³-hybridized carbons (Fsp3) is 0.400. The van der Waals surface area contributed by atoms with Crippen molar-refractivity contribution in [2.24, 2.45) is 0 Å². The fourth-order valence-electron chi connectivity index (χ4n) is 2.32. The predicted octanol–water partition coefficient (Wildman–Crippen LogP) is 3.75. The molecule has 1 heterocycles. The largest absolute Gasteiger partial charge is 0.295 e. The van der Waals surface area contributed by atoms with E-state index in [2.05, 4.69) is 17.5 Å². The van der Waals surface area contributed by atoms with Crippen LogP contribution in [0.1, 0.15) is 18.9 Å². The molecule has 0 aromatic heterocycles. The third-order valence-electron chi connectivity index (χ3n) is 3.25. The Balaban J connectivity index is 1.94. The minimum absolute atomic E-state index is 0.172. The van der Waals surface area contributed by atoms with Gasteiger partial charge in [0.25, 0.3) is 0 Å². The molecular weight excluding hydrogens is 278 g/mol. The Morgan fingerprint density at radius 1 is 1.53 bits per heavy atom. The van der Waals surface area contributed by atoms with Crippen LogP contribution >= 0.6 is 23.4 Å². The lowest BCUT2D eigenvalue weighted by Crippen LogP contribution is -2.36. The van der Waals surface area contributed by atoms with Crippen molar-refractivity contribution in [2.75, 3.05) is 13.1 Å². The second kappa shape index (κ2) is 6.60.